The van der Waals surface area contributed by atoms with E-state index in [9.17, 15) is 4.79 Å². The van der Waals surface area contributed by atoms with Gasteiger partial charge in [0.15, 0.2) is 0 Å². The quantitative estimate of drug-likeness (QED) is 0.760. The first-order chi connectivity index (χ1) is 9.17. The van der Waals surface area contributed by atoms with Crippen LogP contribution >= 0.6 is 15.9 Å². The van der Waals surface area contributed by atoms with Crippen molar-refractivity contribution in [3.63, 3.8) is 0 Å². The molecule has 0 spiro atoms. The number of rotatable bonds is 4. The Hall–Kier alpha value is -1.61. The number of hydrogen-bond donors (Lipinski definition) is 0. The van der Waals surface area contributed by atoms with E-state index >= 15 is 0 Å². The molecule has 0 aliphatic rings. The normalized spacial score (nSPS) is 10.3. The molecule has 0 saturated heterocycles. The molecule has 2 aromatic carbocycles. The van der Waals surface area contributed by atoms with Crippen LogP contribution in [0.3, 0.4) is 0 Å². The van der Waals surface area contributed by atoms with E-state index in [0.29, 0.717) is 5.56 Å². The van der Waals surface area contributed by atoms with Gasteiger partial charge in [-0.1, -0.05) is 18.2 Å². The van der Waals surface area contributed by atoms with E-state index in [1.165, 1.54) is 11.3 Å². The zero-order valence-corrected chi connectivity index (χ0v) is 12.6. The molecule has 0 N–H and O–H groups in total. The van der Waals surface area contributed by atoms with E-state index < -0.39 is 0 Å². The molecule has 0 radical (unpaired) electrons. The maximum atomic E-state index is 10.8. The van der Waals surface area contributed by atoms with Gasteiger partial charge in [0.05, 0.1) is 5.69 Å². The van der Waals surface area contributed by atoms with Gasteiger partial charge in [-0.15, -0.1) is 0 Å². The maximum Gasteiger partial charge on any atom is 0.150 e. The number of hydrogen-bond acceptors (Lipinski definition) is 2. The Balaban J connectivity index is 2.48. The van der Waals surface area contributed by atoms with E-state index in [0.717, 1.165) is 23.0 Å². The lowest BCUT2D eigenvalue weighted by Crippen LogP contribution is -2.17. The lowest BCUT2D eigenvalue weighted by Gasteiger charge is -2.26. The van der Waals surface area contributed by atoms with Gasteiger partial charge in [0.2, 0.25) is 0 Å². The van der Waals surface area contributed by atoms with Gasteiger partial charge >= 0.3 is 0 Å². The summed E-state index contributed by atoms with van der Waals surface area (Å²) in [6, 6.07) is 14.0. The van der Waals surface area contributed by atoms with Crippen LogP contribution in [0.25, 0.3) is 0 Å². The smallest absolute Gasteiger partial charge is 0.150 e. The van der Waals surface area contributed by atoms with Crippen LogP contribution in [-0.2, 0) is 0 Å². The molecule has 2 rings (SSSR count). The first kappa shape index (κ1) is 13.8. The van der Waals surface area contributed by atoms with E-state index in [-0.39, 0.29) is 0 Å². The van der Waals surface area contributed by atoms with E-state index in [4.69, 9.17) is 0 Å². The molecule has 98 valence electrons. The van der Waals surface area contributed by atoms with E-state index in [1.54, 1.807) is 0 Å². The number of aryl methyl sites for hydroxylation is 1. The molecule has 0 unspecified atom stereocenters. The third-order valence-electron chi connectivity index (χ3n) is 3.12. The summed E-state index contributed by atoms with van der Waals surface area (Å²) in [5.41, 5.74) is 4.17. The van der Waals surface area contributed by atoms with Gasteiger partial charge in [0.1, 0.15) is 6.29 Å². The molecule has 2 nitrogen and oxygen atoms in total. The highest BCUT2D eigenvalue weighted by molar-refractivity contribution is 9.10. The summed E-state index contributed by atoms with van der Waals surface area (Å²) in [7, 11) is 0. The van der Waals surface area contributed by atoms with Crippen molar-refractivity contribution in [2.24, 2.45) is 0 Å². The lowest BCUT2D eigenvalue weighted by molar-refractivity contribution is 0.112. The van der Waals surface area contributed by atoms with Gasteiger partial charge in [-0.2, -0.15) is 0 Å². The van der Waals surface area contributed by atoms with Gasteiger partial charge in [-0.25, -0.2) is 0 Å². The monoisotopic (exact) mass is 317 g/mol. The summed E-state index contributed by atoms with van der Waals surface area (Å²) in [6.45, 7) is 5.09. The summed E-state index contributed by atoms with van der Waals surface area (Å²) >= 11 is 3.55. The van der Waals surface area contributed by atoms with Gasteiger partial charge in [0.25, 0.3) is 0 Å². The van der Waals surface area contributed by atoms with Crippen LogP contribution in [0.15, 0.2) is 46.9 Å². The fraction of sp³-hybridized carbons (Fsp3) is 0.188. The molecule has 3 heteroatoms. The molecule has 19 heavy (non-hydrogen) atoms. The zero-order chi connectivity index (χ0) is 13.8. The van der Waals surface area contributed by atoms with Crippen molar-refractivity contribution in [1.29, 1.82) is 0 Å². The fourth-order valence-corrected chi connectivity index (χ4v) is 2.76. The molecule has 0 atom stereocenters. The van der Waals surface area contributed by atoms with Crippen LogP contribution in [0, 0.1) is 6.92 Å². The maximum absolute atomic E-state index is 10.8. The minimum Gasteiger partial charge on any atom is -0.341 e. The highest BCUT2D eigenvalue weighted by Gasteiger charge is 2.12. The average Bonchev–Trinajstić information content (AvgIpc) is 2.43. The number of anilines is 2. The van der Waals surface area contributed by atoms with Gasteiger partial charge in [0, 0.05) is 22.3 Å². The number of benzene rings is 2. The van der Waals surface area contributed by atoms with Crippen LogP contribution in [-0.4, -0.2) is 12.8 Å². The van der Waals surface area contributed by atoms with Gasteiger partial charge < -0.3 is 4.90 Å². The zero-order valence-electron chi connectivity index (χ0n) is 11.1. The molecule has 0 saturated carbocycles. The van der Waals surface area contributed by atoms with Gasteiger partial charge in [-0.3, -0.25) is 4.79 Å². The minimum absolute atomic E-state index is 0.677. The third kappa shape index (κ3) is 2.87. The number of nitrogens with zero attached hydrogens (tertiary/aromatic N) is 1. The SMILES string of the molecule is CCN(c1ccccc1C)c1ccc(C=O)cc1Br. The molecule has 0 bridgehead atoms. The van der Waals surface area contributed by atoms with E-state index in [2.05, 4.69) is 46.8 Å². The second kappa shape index (κ2) is 6.02. The summed E-state index contributed by atoms with van der Waals surface area (Å²) in [5.74, 6) is 0. The Morgan fingerprint density at radius 2 is 1.89 bits per heavy atom. The van der Waals surface area contributed by atoms with Crippen molar-refractivity contribution >= 4 is 33.6 Å². The molecular weight excluding hydrogens is 302 g/mol. The van der Waals surface area contributed by atoms with Crippen molar-refractivity contribution < 1.29 is 4.79 Å². The van der Waals surface area contributed by atoms with Crippen molar-refractivity contribution in [1.82, 2.24) is 0 Å². The summed E-state index contributed by atoms with van der Waals surface area (Å²) in [5, 5.41) is 0. The predicted octanol–water partition coefficient (Wildman–Crippen LogP) is 4.73. The second-order valence-electron chi connectivity index (χ2n) is 4.36. The second-order valence-corrected chi connectivity index (χ2v) is 5.21. The summed E-state index contributed by atoms with van der Waals surface area (Å²) < 4.78 is 0.933. The number of carbonyl (C=O) groups is 1. The van der Waals surface area contributed by atoms with E-state index in [1.807, 2.05) is 30.3 Å². The highest BCUT2D eigenvalue weighted by atomic mass is 79.9. The van der Waals surface area contributed by atoms with Crippen molar-refractivity contribution in [2.45, 2.75) is 13.8 Å². The molecule has 0 heterocycles. The molecule has 0 fully saturated rings. The highest BCUT2D eigenvalue weighted by Crippen LogP contribution is 2.33. The lowest BCUT2D eigenvalue weighted by atomic mass is 10.1. The Morgan fingerprint density at radius 1 is 1.16 bits per heavy atom. The first-order valence-electron chi connectivity index (χ1n) is 6.25. The molecule has 0 aliphatic heterocycles. The van der Waals surface area contributed by atoms with Crippen LogP contribution in [0.4, 0.5) is 11.4 Å². The summed E-state index contributed by atoms with van der Waals surface area (Å²) in [4.78, 5) is 13.0. The van der Waals surface area contributed by atoms with Crippen LogP contribution in [0.1, 0.15) is 22.8 Å². The van der Waals surface area contributed by atoms with Crippen molar-refractivity contribution in [3.05, 3.63) is 58.1 Å². The minimum atomic E-state index is 0.677. The molecule has 0 amide bonds. The fourth-order valence-electron chi connectivity index (χ4n) is 2.15. The van der Waals surface area contributed by atoms with Gasteiger partial charge in [-0.05, 0) is 59.6 Å². The Morgan fingerprint density at radius 3 is 2.47 bits per heavy atom. The molecule has 2 aromatic rings. The van der Waals surface area contributed by atoms with Crippen LogP contribution in [0.2, 0.25) is 0 Å². The Bertz CT molecular complexity index is 595. The third-order valence-corrected chi connectivity index (χ3v) is 3.76. The first-order valence-corrected chi connectivity index (χ1v) is 7.04. The average molecular weight is 318 g/mol. The topological polar surface area (TPSA) is 20.3 Å². The molecule has 0 aliphatic carbocycles. The predicted molar refractivity (Wildman–Crippen MR) is 83.4 cm³/mol. The standard InChI is InChI=1S/C16H16BrNO/c1-3-18(15-7-5-4-6-12(15)2)16-9-8-13(11-19)10-14(16)17/h4-11H,3H2,1-2H3. The summed E-state index contributed by atoms with van der Waals surface area (Å²) in [6.07, 6.45) is 0.860. The number of para-hydroxylation sites is 1. The molecular formula is C16H16BrNO. The number of halogens is 1. The number of aldehydes is 1. The van der Waals surface area contributed by atoms with Crippen LogP contribution in [0.5, 0.6) is 0 Å². The molecule has 0 aromatic heterocycles. The van der Waals surface area contributed by atoms with Crippen molar-refractivity contribution in [2.75, 3.05) is 11.4 Å². The Labute approximate surface area is 122 Å². The number of carbonyl (C=O) groups excluding carboxylic acids is 1. The van der Waals surface area contributed by atoms with Crippen LogP contribution < -0.4 is 4.90 Å². The largest absolute Gasteiger partial charge is 0.341 e. The van der Waals surface area contributed by atoms with Crippen molar-refractivity contribution in [3.8, 4) is 0 Å². The Kier molecular flexibility index (Phi) is 4.38.